The van der Waals surface area contributed by atoms with Crippen molar-refractivity contribution < 1.29 is 0 Å². The van der Waals surface area contributed by atoms with E-state index < -0.39 is 10.8 Å². The Balaban J connectivity index is 1.13. The molecule has 3 heteroatoms. The van der Waals surface area contributed by atoms with Crippen molar-refractivity contribution in [2.75, 3.05) is 0 Å². The second-order valence-corrected chi connectivity index (χ2v) is 16.9. The number of allylic oxidation sites excluding steroid dienone is 4. The van der Waals surface area contributed by atoms with Crippen LogP contribution in [0.3, 0.4) is 0 Å². The molecule has 0 bridgehead atoms. The maximum atomic E-state index is 5.23. The SMILES string of the molecule is C1=CC2=C(CC1)C1(c3ccccc32)c2ccccc2C2(c3ccccc3-c3ccccc32)c2ccc(-c3ccccc3-c3nc(-c4ccccc4)nc(-c4ccccc4)n3)cc21. The van der Waals surface area contributed by atoms with Gasteiger partial charge in [0.15, 0.2) is 17.5 Å². The molecule has 2 spiro atoms. The Labute approximate surface area is 361 Å². The molecular formula is C59H39N3. The quantitative estimate of drug-likeness (QED) is 0.178. The summed E-state index contributed by atoms with van der Waals surface area (Å²) in [6, 6.07) is 73.3. The monoisotopic (exact) mass is 789 g/mol. The first-order valence-corrected chi connectivity index (χ1v) is 21.7. The lowest BCUT2D eigenvalue weighted by Gasteiger charge is -2.50. The summed E-state index contributed by atoms with van der Waals surface area (Å²) in [6.45, 7) is 0. The van der Waals surface area contributed by atoms with Gasteiger partial charge in [0, 0.05) is 16.7 Å². The van der Waals surface area contributed by atoms with Gasteiger partial charge in [0.05, 0.1) is 10.8 Å². The lowest BCUT2D eigenvalue weighted by atomic mass is 9.51. The molecule has 13 rings (SSSR count). The van der Waals surface area contributed by atoms with Gasteiger partial charge in [-0.3, -0.25) is 0 Å². The highest BCUT2D eigenvalue weighted by Crippen LogP contribution is 2.68. The maximum Gasteiger partial charge on any atom is 0.164 e. The van der Waals surface area contributed by atoms with E-state index in [1.165, 1.54) is 66.8 Å². The summed E-state index contributed by atoms with van der Waals surface area (Å²) in [5, 5.41) is 0. The number of hydrogen-bond acceptors (Lipinski definition) is 3. The van der Waals surface area contributed by atoms with Gasteiger partial charge in [0.2, 0.25) is 0 Å². The molecule has 3 nitrogen and oxygen atoms in total. The van der Waals surface area contributed by atoms with E-state index in [0.29, 0.717) is 17.5 Å². The van der Waals surface area contributed by atoms with Gasteiger partial charge in [0.25, 0.3) is 0 Å². The van der Waals surface area contributed by atoms with Crippen molar-refractivity contribution in [3.63, 3.8) is 0 Å². The second kappa shape index (κ2) is 13.4. The third-order valence-electron chi connectivity index (χ3n) is 13.9. The lowest BCUT2D eigenvalue weighted by molar-refractivity contribution is 0.606. The molecule has 0 aliphatic heterocycles. The summed E-state index contributed by atoms with van der Waals surface area (Å²) in [6.07, 6.45) is 6.76. The molecule has 0 saturated heterocycles. The molecule has 1 unspecified atom stereocenters. The molecule has 8 aromatic carbocycles. The Morgan fingerprint density at radius 3 is 1.39 bits per heavy atom. The maximum absolute atomic E-state index is 5.23. The highest BCUT2D eigenvalue weighted by molar-refractivity contribution is 5.96. The molecule has 1 atom stereocenters. The fourth-order valence-electron chi connectivity index (χ4n) is 11.6. The van der Waals surface area contributed by atoms with Crippen molar-refractivity contribution in [3.8, 4) is 56.4 Å². The van der Waals surface area contributed by atoms with Gasteiger partial charge < -0.3 is 0 Å². The summed E-state index contributed by atoms with van der Waals surface area (Å²) >= 11 is 0. The van der Waals surface area contributed by atoms with E-state index >= 15 is 0 Å². The summed E-state index contributed by atoms with van der Waals surface area (Å²) in [4.78, 5) is 15.5. The van der Waals surface area contributed by atoms with Crippen LogP contribution in [0.5, 0.6) is 0 Å². The molecule has 290 valence electrons. The van der Waals surface area contributed by atoms with Crippen molar-refractivity contribution >= 4 is 5.57 Å². The number of fused-ring (bicyclic) bond motifs is 15. The molecular weight excluding hydrogens is 751 g/mol. The predicted octanol–water partition coefficient (Wildman–Crippen LogP) is 13.7. The minimum absolute atomic E-state index is 0.501. The molecule has 0 N–H and O–H groups in total. The van der Waals surface area contributed by atoms with Crippen LogP contribution in [0.2, 0.25) is 0 Å². The van der Waals surface area contributed by atoms with Gasteiger partial charge in [-0.25, -0.2) is 15.0 Å². The largest absolute Gasteiger partial charge is 0.208 e. The molecule has 4 aliphatic rings. The van der Waals surface area contributed by atoms with Crippen LogP contribution in [0.4, 0.5) is 0 Å². The van der Waals surface area contributed by atoms with Gasteiger partial charge in [-0.1, -0.05) is 206 Å². The van der Waals surface area contributed by atoms with E-state index in [0.717, 1.165) is 40.7 Å². The van der Waals surface area contributed by atoms with Gasteiger partial charge in [-0.15, -0.1) is 0 Å². The van der Waals surface area contributed by atoms with Crippen LogP contribution in [-0.4, -0.2) is 15.0 Å². The first-order valence-electron chi connectivity index (χ1n) is 21.7. The van der Waals surface area contributed by atoms with Crippen LogP contribution in [0.25, 0.3) is 62.0 Å². The van der Waals surface area contributed by atoms with E-state index in [1.54, 1.807) is 0 Å². The van der Waals surface area contributed by atoms with Crippen LogP contribution in [0.1, 0.15) is 57.3 Å². The van der Waals surface area contributed by atoms with Crippen LogP contribution in [0, 0.1) is 0 Å². The van der Waals surface area contributed by atoms with Gasteiger partial charge in [0.1, 0.15) is 0 Å². The van der Waals surface area contributed by atoms with Crippen LogP contribution in [-0.2, 0) is 10.8 Å². The van der Waals surface area contributed by atoms with E-state index in [1.807, 2.05) is 36.4 Å². The first kappa shape index (κ1) is 35.0. The Bertz CT molecular complexity index is 3260. The van der Waals surface area contributed by atoms with Crippen molar-refractivity contribution in [3.05, 3.63) is 262 Å². The highest BCUT2D eigenvalue weighted by Gasteiger charge is 2.59. The number of aromatic nitrogens is 3. The molecule has 0 radical (unpaired) electrons. The average molecular weight is 790 g/mol. The highest BCUT2D eigenvalue weighted by atomic mass is 15.0. The fourth-order valence-corrected chi connectivity index (χ4v) is 11.6. The summed E-state index contributed by atoms with van der Waals surface area (Å²) in [5.74, 6) is 1.95. The third kappa shape index (κ3) is 4.68. The molecule has 0 fully saturated rings. The van der Waals surface area contributed by atoms with Crippen LogP contribution >= 0.6 is 0 Å². The Kier molecular flexibility index (Phi) is 7.56. The zero-order chi connectivity index (χ0) is 40.8. The zero-order valence-corrected chi connectivity index (χ0v) is 34.0. The Hall–Kier alpha value is -7.75. The molecule has 4 aliphatic carbocycles. The molecule has 1 aromatic heterocycles. The predicted molar refractivity (Wildman–Crippen MR) is 250 cm³/mol. The minimum atomic E-state index is -0.519. The standard InChI is InChI=1S/C59H39N3/c1-3-19-38(20-4-1)55-60-56(39-21-5-2-6-22-39)62-57(61-55)46-28-8-7-23-41(46)40-35-36-53-54(37-40)59(49-31-15-11-26-44(49)45-27-12-16-32-50(45)59)52-34-18-17-33-51(52)58(53)47-29-13-9-24-42(47)43-25-10-14-30-48(43)58/h1-15,17-31,33-37H,16,32H2. The van der Waals surface area contributed by atoms with Gasteiger partial charge >= 0.3 is 0 Å². The first-order chi connectivity index (χ1) is 30.8. The van der Waals surface area contributed by atoms with Crippen LogP contribution in [0.15, 0.2) is 218 Å². The van der Waals surface area contributed by atoms with E-state index in [9.17, 15) is 0 Å². The van der Waals surface area contributed by atoms with Gasteiger partial charge in [-0.05, 0) is 96.8 Å². The number of hydrogen-bond donors (Lipinski definition) is 0. The Morgan fingerprint density at radius 2 is 0.774 bits per heavy atom. The second-order valence-electron chi connectivity index (χ2n) is 16.9. The van der Waals surface area contributed by atoms with Crippen molar-refractivity contribution in [1.82, 2.24) is 15.0 Å². The third-order valence-corrected chi connectivity index (χ3v) is 13.9. The Morgan fingerprint density at radius 1 is 0.323 bits per heavy atom. The van der Waals surface area contributed by atoms with E-state index in [-0.39, 0.29) is 0 Å². The molecule has 0 saturated carbocycles. The van der Waals surface area contributed by atoms with Crippen molar-refractivity contribution in [2.45, 2.75) is 23.7 Å². The normalized spacial score (nSPS) is 17.0. The van der Waals surface area contributed by atoms with Crippen LogP contribution < -0.4 is 0 Å². The topological polar surface area (TPSA) is 38.7 Å². The number of benzene rings is 8. The van der Waals surface area contributed by atoms with Crippen molar-refractivity contribution in [1.29, 1.82) is 0 Å². The summed E-state index contributed by atoms with van der Waals surface area (Å²) in [7, 11) is 0. The minimum Gasteiger partial charge on any atom is -0.208 e. The molecule has 0 amide bonds. The lowest BCUT2D eigenvalue weighted by Crippen LogP contribution is -2.44. The molecule has 1 heterocycles. The summed E-state index contributed by atoms with van der Waals surface area (Å²) < 4.78 is 0. The fraction of sp³-hybridized carbons (Fsp3) is 0.0678. The van der Waals surface area contributed by atoms with Crippen molar-refractivity contribution in [2.24, 2.45) is 0 Å². The van der Waals surface area contributed by atoms with Gasteiger partial charge in [-0.2, -0.15) is 0 Å². The smallest absolute Gasteiger partial charge is 0.164 e. The molecule has 9 aromatic rings. The number of nitrogens with zero attached hydrogens (tertiary/aromatic N) is 3. The summed E-state index contributed by atoms with van der Waals surface area (Å²) in [5.41, 5.74) is 20.3. The zero-order valence-electron chi connectivity index (χ0n) is 34.0. The van der Waals surface area contributed by atoms with E-state index in [2.05, 4.69) is 176 Å². The molecule has 62 heavy (non-hydrogen) atoms. The average Bonchev–Trinajstić information content (AvgIpc) is 3.82. The number of rotatable bonds is 4. The van der Waals surface area contributed by atoms with E-state index in [4.69, 9.17) is 15.0 Å².